The second-order valence-electron chi connectivity index (χ2n) is 12.9. The molecule has 5 atom stereocenters. The fraction of sp³-hybridized carbons (Fsp3) is 0.618. The van der Waals surface area contributed by atoms with Crippen LogP contribution in [0.1, 0.15) is 77.7 Å². The summed E-state index contributed by atoms with van der Waals surface area (Å²) in [5.74, 6) is -3.91. The van der Waals surface area contributed by atoms with Crippen molar-refractivity contribution in [2.45, 2.75) is 109 Å². The summed E-state index contributed by atoms with van der Waals surface area (Å²) < 4.78 is 0. The van der Waals surface area contributed by atoms with Crippen molar-refractivity contribution < 1.29 is 28.8 Å². The third-order valence-electron chi connectivity index (χ3n) is 7.79. The van der Waals surface area contributed by atoms with Gasteiger partial charge in [-0.1, -0.05) is 63.9 Å². The molecular formula is C34H59N11O6. The first kappa shape index (κ1) is 44.3. The second kappa shape index (κ2) is 24.4. The molecular weight excluding hydrogens is 658 g/mol. The maximum Gasteiger partial charge on any atom is 0.243 e. The molecule has 0 radical (unpaired) electrons. The van der Waals surface area contributed by atoms with Crippen molar-refractivity contribution in [3.8, 4) is 0 Å². The van der Waals surface area contributed by atoms with Crippen LogP contribution in [0.15, 0.2) is 35.3 Å². The monoisotopic (exact) mass is 717 g/mol. The third-order valence-corrected chi connectivity index (χ3v) is 7.79. The van der Waals surface area contributed by atoms with Crippen LogP contribution in [-0.2, 0) is 35.2 Å². The van der Waals surface area contributed by atoms with Crippen LogP contribution in [0.5, 0.6) is 0 Å². The lowest BCUT2D eigenvalue weighted by atomic mass is 10.00. The topological polar surface area (TPSA) is 305 Å². The van der Waals surface area contributed by atoms with Gasteiger partial charge < -0.3 is 55.3 Å². The van der Waals surface area contributed by atoms with Crippen LogP contribution in [0, 0.1) is 5.92 Å². The molecule has 0 aliphatic carbocycles. The predicted octanol–water partition coefficient (Wildman–Crippen LogP) is -1.87. The summed E-state index contributed by atoms with van der Waals surface area (Å²) in [7, 11) is 0. The summed E-state index contributed by atoms with van der Waals surface area (Å²) in [5, 5.41) is 13.3. The average molecular weight is 718 g/mol. The van der Waals surface area contributed by atoms with Gasteiger partial charge in [0.2, 0.25) is 35.4 Å². The highest BCUT2D eigenvalue weighted by Gasteiger charge is 2.32. The van der Waals surface area contributed by atoms with Gasteiger partial charge in [-0.2, -0.15) is 0 Å². The molecule has 0 fully saturated rings. The maximum absolute atomic E-state index is 13.7. The molecule has 0 aliphatic heterocycles. The van der Waals surface area contributed by atoms with Crippen LogP contribution < -0.4 is 55.3 Å². The van der Waals surface area contributed by atoms with Crippen molar-refractivity contribution in [2.75, 3.05) is 19.6 Å². The molecule has 0 heterocycles. The van der Waals surface area contributed by atoms with E-state index in [1.807, 2.05) is 26.8 Å². The smallest absolute Gasteiger partial charge is 0.243 e. The Balaban J connectivity index is 3.18. The predicted molar refractivity (Wildman–Crippen MR) is 195 cm³/mol. The Bertz CT molecular complexity index is 1290. The number of amides is 6. The first-order valence-electron chi connectivity index (χ1n) is 17.5. The van der Waals surface area contributed by atoms with Gasteiger partial charge in [0.25, 0.3) is 0 Å². The van der Waals surface area contributed by atoms with Crippen LogP contribution in [0.25, 0.3) is 0 Å². The molecule has 0 saturated carbocycles. The first-order valence-corrected chi connectivity index (χ1v) is 17.5. The zero-order valence-electron chi connectivity index (χ0n) is 30.1. The second-order valence-corrected chi connectivity index (χ2v) is 12.9. The van der Waals surface area contributed by atoms with Gasteiger partial charge in [-0.15, -0.1) is 0 Å². The Hall–Kier alpha value is -4.77. The van der Waals surface area contributed by atoms with Gasteiger partial charge >= 0.3 is 0 Å². The lowest BCUT2D eigenvalue weighted by Gasteiger charge is -2.27. The van der Waals surface area contributed by atoms with E-state index in [4.69, 9.17) is 28.7 Å². The van der Waals surface area contributed by atoms with Gasteiger partial charge in [-0.25, -0.2) is 0 Å². The molecule has 0 aromatic heterocycles. The lowest BCUT2D eigenvalue weighted by molar-refractivity contribution is -0.135. The summed E-state index contributed by atoms with van der Waals surface area (Å²) >= 11 is 0. The van der Waals surface area contributed by atoms with Gasteiger partial charge in [0, 0.05) is 13.0 Å². The molecule has 286 valence electrons. The molecule has 0 aliphatic rings. The Morgan fingerprint density at radius 3 is 1.84 bits per heavy atom. The average Bonchev–Trinajstić information content (AvgIpc) is 3.07. The molecule has 0 bridgehead atoms. The highest BCUT2D eigenvalue weighted by Crippen LogP contribution is 2.10. The molecule has 15 N–H and O–H groups in total. The number of benzene rings is 1. The fourth-order valence-electron chi connectivity index (χ4n) is 5.12. The van der Waals surface area contributed by atoms with Gasteiger partial charge in [0.15, 0.2) is 5.96 Å². The quantitative estimate of drug-likeness (QED) is 0.0305. The van der Waals surface area contributed by atoms with E-state index in [1.165, 1.54) is 0 Å². The lowest BCUT2D eigenvalue weighted by Crippen LogP contribution is -2.59. The molecule has 6 amide bonds. The van der Waals surface area contributed by atoms with Crippen molar-refractivity contribution >= 4 is 41.4 Å². The van der Waals surface area contributed by atoms with Crippen LogP contribution in [-0.4, -0.2) is 91.2 Å². The minimum absolute atomic E-state index is 0.0459. The number of carbonyl (C=O) groups excluding carboxylic acids is 6. The number of nitrogens with one attached hydrogen (secondary N) is 5. The van der Waals surface area contributed by atoms with Crippen molar-refractivity contribution in [3.63, 3.8) is 0 Å². The van der Waals surface area contributed by atoms with Crippen molar-refractivity contribution in [1.29, 1.82) is 0 Å². The van der Waals surface area contributed by atoms with Crippen molar-refractivity contribution in [3.05, 3.63) is 35.9 Å². The number of nitrogens with zero attached hydrogens (tertiary/aromatic N) is 1. The Morgan fingerprint density at radius 1 is 0.706 bits per heavy atom. The molecule has 0 saturated heterocycles. The molecule has 0 spiro atoms. The summed E-state index contributed by atoms with van der Waals surface area (Å²) in [5.41, 5.74) is 28.4. The van der Waals surface area contributed by atoms with Crippen LogP contribution in [0.4, 0.5) is 0 Å². The summed E-state index contributed by atoms with van der Waals surface area (Å²) in [6.45, 7) is 5.83. The minimum Gasteiger partial charge on any atom is -0.370 e. The Morgan fingerprint density at radius 2 is 1.27 bits per heavy atom. The first-order chi connectivity index (χ1) is 24.2. The van der Waals surface area contributed by atoms with Crippen LogP contribution in [0.3, 0.4) is 0 Å². The highest BCUT2D eigenvalue weighted by molar-refractivity contribution is 5.96. The largest absolute Gasteiger partial charge is 0.370 e. The molecule has 0 unspecified atom stereocenters. The Labute approximate surface area is 300 Å². The number of unbranched alkanes of at least 4 members (excludes halogenated alkanes) is 1. The van der Waals surface area contributed by atoms with E-state index in [2.05, 4.69) is 31.6 Å². The molecule has 17 nitrogen and oxygen atoms in total. The highest BCUT2D eigenvalue weighted by atomic mass is 16.2. The standard InChI is InChI=1S/C34H59N11O6/c1-4-11-24(43-32(50)25(15-10-17-40-34(38)39)42-29(47)23(36)14-8-9-16-35)31(49)44-26(18-21(2)3)33(51)45-27(30(48)41-20-28(37)46)19-22-12-6-5-7-13-22/h5-7,12-13,21,23-27H,4,8-11,14-20,35-36H2,1-3H3,(H2,37,46)(H,41,48)(H,42,47)(H,43,50)(H,44,49)(H,45,51)(H4,38,39,40)/t23-,24-,25-,26-,27-/m0/s1. The van der Waals surface area contributed by atoms with Gasteiger partial charge in [-0.05, 0) is 56.6 Å². The number of hydrogen-bond acceptors (Lipinski definition) is 9. The van der Waals surface area contributed by atoms with E-state index in [9.17, 15) is 28.8 Å². The van der Waals surface area contributed by atoms with E-state index in [-0.39, 0.29) is 44.1 Å². The van der Waals surface area contributed by atoms with E-state index < -0.39 is 72.2 Å². The number of rotatable bonds is 25. The van der Waals surface area contributed by atoms with Crippen molar-refractivity contribution in [2.24, 2.45) is 39.6 Å². The summed E-state index contributed by atoms with van der Waals surface area (Å²) in [6, 6.07) is 3.85. The maximum atomic E-state index is 13.7. The number of hydrogen-bond donors (Lipinski definition) is 10. The minimum atomic E-state index is -1.08. The number of guanidine groups is 1. The third kappa shape index (κ3) is 18.7. The number of primary amides is 1. The van der Waals surface area contributed by atoms with E-state index >= 15 is 0 Å². The Kier molecular flexibility index (Phi) is 21.2. The number of aliphatic imine (C=N–C) groups is 1. The molecule has 1 aromatic carbocycles. The van der Waals surface area contributed by atoms with Crippen molar-refractivity contribution in [1.82, 2.24) is 26.6 Å². The summed E-state index contributed by atoms with van der Waals surface area (Å²) in [4.78, 5) is 82.1. The molecule has 1 aromatic rings. The van der Waals surface area contributed by atoms with Gasteiger partial charge in [-0.3, -0.25) is 33.8 Å². The number of nitrogens with two attached hydrogens (primary N) is 5. The van der Waals surface area contributed by atoms with Gasteiger partial charge in [0.05, 0.1) is 12.6 Å². The number of carbonyl (C=O) groups is 6. The van der Waals surface area contributed by atoms with Gasteiger partial charge in [0.1, 0.15) is 24.2 Å². The molecule has 51 heavy (non-hydrogen) atoms. The zero-order valence-corrected chi connectivity index (χ0v) is 30.1. The molecule has 1 rings (SSSR count). The fourth-order valence-corrected chi connectivity index (χ4v) is 5.12. The van der Waals surface area contributed by atoms with Crippen LogP contribution >= 0.6 is 0 Å². The van der Waals surface area contributed by atoms with Crippen LogP contribution in [0.2, 0.25) is 0 Å². The SMILES string of the molecule is CCC[C@H](NC(=O)[C@H](CCCN=C(N)N)NC(=O)[C@@H](N)CCCCN)C(=O)N[C@@H](CC(C)C)C(=O)N[C@@H](Cc1ccccc1)C(=O)NCC(N)=O. The summed E-state index contributed by atoms with van der Waals surface area (Å²) in [6.07, 6.45) is 3.28. The zero-order chi connectivity index (χ0) is 38.3. The normalized spacial score (nSPS) is 13.8. The molecule has 17 heteroatoms. The van der Waals surface area contributed by atoms with E-state index in [0.717, 1.165) is 5.56 Å². The van der Waals surface area contributed by atoms with E-state index in [0.29, 0.717) is 38.6 Å². The van der Waals surface area contributed by atoms with E-state index in [1.54, 1.807) is 24.3 Å².